The second-order valence-electron chi connectivity index (χ2n) is 4.91. The molecule has 1 fully saturated rings. The number of rotatable bonds is 6. The van der Waals surface area contributed by atoms with Crippen LogP contribution in [0.3, 0.4) is 0 Å². The molecule has 0 aromatic carbocycles. The summed E-state index contributed by atoms with van der Waals surface area (Å²) < 4.78 is 15.0. The van der Waals surface area contributed by atoms with Crippen molar-refractivity contribution in [2.45, 2.75) is 77.6 Å². The van der Waals surface area contributed by atoms with E-state index in [1.807, 2.05) is 6.92 Å². The molecule has 5 nitrogen and oxygen atoms in total. The van der Waals surface area contributed by atoms with E-state index in [1.54, 1.807) is 0 Å². The minimum absolute atomic E-state index is 0.0516. The van der Waals surface area contributed by atoms with Crippen LogP contribution in [0.5, 0.6) is 0 Å². The smallest absolute Gasteiger partial charge is 0.431 e. The van der Waals surface area contributed by atoms with Gasteiger partial charge in [-0.2, -0.15) is 0 Å². The largest absolute Gasteiger partial charge is 0.511 e. The molecule has 1 unspecified atom stereocenters. The van der Waals surface area contributed by atoms with Crippen molar-refractivity contribution in [3.8, 4) is 0 Å². The van der Waals surface area contributed by atoms with Crippen LogP contribution in [-0.2, 0) is 19.0 Å². The minimum atomic E-state index is -0.888. The maximum Gasteiger partial charge on any atom is 0.511 e. The standard InChI is InChI=1S/C14H24O5/c1-3-4-10-13(15)17-11(2)18-14(16)19-12-8-6-5-7-9-12/h11-12H,3-10H2,1-2H3. The third-order valence-corrected chi connectivity index (χ3v) is 3.11. The molecule has 5 heteroatoms. The molecule has 0 heterocycles. The number of carbonyl (C=O) groups excluding carboxylic acids is 2. The molecule has 0 N–H and O–H groups in total. The number of hydrogen-bond acceptors (Lipinski definition) is 5. The van der Waals surface area contributed by atoms with Crippen LogP contribution >= 0.6 is 0 Å². The van der Waals surface area contributed by atoms with Gasteiger partial charge in [-0.3, -0.25) is 4.79 Å². The predicted octanol–water partition coefficient (Wildman–Crippen LogP) is 3.55. The van der Waals surface area contributed by atoms with Gasteiger partial charge in [0.15, 0.2) is 0 Å². The van der Waals surface area contributed by atoms with Crippen molar-refractivity contribution in [3.63, 3.8) is 0 Å². The van der Waals surface area contributed by atoms with Crippen LogP contribution in [0.25, 0.3) is 0 Å². The van der Waals surface area contributed by atoms with Crippen LogP contribution in [0.2, 0.25) is 0 Å². The summed E-state index contributed by atoms with van der Waals surface area (Å²) in [5.41, 5.74) is 0. The van der Waals surface area contributed by atoms with Crippen LogP contribution < -0.4 is 0 Å². The first-order valence-electron chi connectivity index (χ1n) is 7.18. The third kappa shape index (κ3) is 7.03. The van der Waals surface area contributed by atoms with Crippen molar-refractivity contribution in [1.29, 1.82) is 0 Å². The van der Waals surface area contributed by atoms with E-state index in [2.05, 4.69) is 0 Å². The first-order valence-corrected chi connectivity index (χ1v) is 7.18. The Hall–Kier alpha value is -1.26. The van der Waals surface area contributed by atoms with Crippen LogP contribution in [0.15, 0.2) is 0 Å². The van der Waals surface area contributed by atoms with E-state index in [1.165, 1.54) is 13.3 Å². The van der Waals surface area contributed by atoms with Gasteiger partial charge in [0.2, 0.25) is 6.29 Å². The summed E-state index contributed by atoms with van der Waals surface area (Å²) in [6.45, 7) is 3.51. The Morgan fingerprint density at radius 2 is 1.84 bits per heavy atom. The van der Waals surface area contributed by atoms with Crippen molar-refractivity contribution < 1.29 is 23.8 Å². The number of hydrogen-bond donors (Lipinski definition) is 0. The second-order valence-corrected chi connectivity index (χ2v) is 4.91. The molecule has 0 aliphatic heterocycles. The van der Waals surface area contributed by atoms with E-state index < -0.39 is 12.4 Å². The molecule has 0 saturated heterocycles. The molecule has 19 heavy (non-hydrogen) atoms. The fourth-order valence-corrected chi connectivity index (χ4v) is 2.07. The first kappa shape index (κ1) is 15.8. The van der Waals surface area contributed by atoms with E-state index >= 15 is 0 Å². The molecule has 1 aliphatic carbocycles. The van der Waals surface area contributed by atoms with Crippen LogP contribution in [-0.4, -0.2) is 24.5 Å². The van der Waals surface area contributed by atoms with Crippen molar-refractivity contribution in [3.05, 3.63) is 0 Å². The van der Waals surface area contributed by atoms with Gasteiger partial charge in [-0.05, 0) is 32.1 Å². The quantitative estimate of drug-likeness (QED) is 0.546. The maximum atomic E-state index is 11.5. The highest BCUT2D eigenvalue weighted by atomic mass is 16.8. The van der Waals surface area contributed by atoms with Gasteiger partial charge >= 0.3 is 12.1 Å². The van der Waals surface area contributed by atoms with Crippen molar-refractivity contribution in [1.82, 2.24) is 0 Å². The summed E-state index contributed by atoms with van der Waals surface area (Å²) >= 11 is 0. The Labute approximate surface area is 114 Å². The zero-order valence-electron chi connectivity index (χ0n) is 11.9. The van der Waals surface area contributed by atoms with Gasteiger partial charge in [0.05, 0.1) is 0 Å². The molecular weight excluding hydrogens is 248 g/mol. The van der Waals surface area contributed by atoms with Crippen molar-refractivity contribution in [2.75, 3.05) is 0 Å². The zero-order chi connectivity index (χ0) is 14.1. The van der Waals surface area contributed by atoms with E-state index in [-0.39, 0.29) is 12.1 Å². The fourth-order valence-electron chi connectivity index (χ4n) is 2.07. The molecule has 1 aliphatic rings. The zero-order valence-corrected chi connectivity index (χ0v) is 11.9. The Kier molecular flexibility index (Phi) is 7.30. The van der Waals surface area contributed by atoms with Crippen LogP contribution in [0, 0.1) is 0 Å². The number of ether oxygens (including phenoxy) is 3. The lowest BCUT2D eigenvalue weighted by Gasteiger charge is -2.22. The Morgan fingerprint density at radius 1 is 1.16 bits per heavy atom. The monoisotopic (exact) mass is 272 g/mol. The van der Waals surface area contributed by atoms with E-state index in [9.17, 15) is 9.59 Å². The number of unbranched alkanes of at least 4 members (excludes halogenated alkanes) is 1. The Balaban J connectivity index is 2.17. The highest BCUT2D eigenvalue weighted by Gasteiger charge is 2.21. The van der Waals surface area contributed by atoms with E-state index in [0.717, 1.165) is 38.5 Å². The van der Waals surface area contributed by atoms with Crippen LogP contribution in [0.1, 0.15) is 65.2 Å². The lowest BCUT2D eigenvalue weighted by Crippen LogP contribution is -2.26. The summed E-state index contributed by atoms with van der Waals surface area (Å²) in [6.07, 6.45) is 5.50. The van der Waals surface area contributed by atoms with Crippen molar-refractivity contribution >= 4 is 12.1 Å². The molecular formula is C14H24O5. The second kappa shape index (κ2) is 8.77. The molecule has 0 radical (unpaired) electrons. The third-order valence-electron chi connectivity index (χ3n) is 3.11. The fraction of sp³-hybridized carbons (Fsp3) is 0.857. The van der Waals surface area contributed by atoms with Crippen molar-refractivity contribution in [2.24, 2.45) is 0 Å². The molecule has 0 aromatic rings. The first-order chi connectivity index (χ1) is 9.11. The van der Waals surface area contributed by atoms with Gasteiger partial charge < -0.3 is 14.2 Å². The van der Waals surface area contributed by atoms with Gasteiger partial charge in [0, 0.05) is 13.3 Å². The molecule has 0 spiro atoms. The molecule has 0 bridgehead atoms. The van der Waals surface area contributed by atoms with Gasteiger partial charge in [0.1, 0.15) is 6.10 Å². The molecule has 0 amide bonds. The molecule has 1 rings (SSSR count). The summed E-state index contributed by atoms with van der Waals surface area (Å²) in [7, 11) is 0. The number of carbonyl (C=O) groups is 2. The molecule has 1 atom stereocenters. The normalized spacial score (nSPS) is 17.6. The molecule has 1 saturated carbocycles. The maximum absolute atomic E-state index is 11.5. The highest BCUT2D eigenvalue weighted by Crippen LogP contribution is 2.20. The highest BCUT2D eigenvalue weighted by molar-refractivity contribution is 5.69. The van der Waals surface area contributed by atoms with Gasteiger partial charge in [0.25, 0.3) is 0 Å². The number of esters is 1. The van der Waals surface area contributed by atoms with E-state index in [4.69, 9.17) is 14.2 Å². The van der Waals surface area contributed by atoms with Crippen LogP contribution in [0.4, 0.5) is 4.79 Å². The molecule has 0 aromatic heterocycles. The minimum Gasteiger partial charge on any atom is -0.431 e. The van der Waals surface area contributed by atoms with Gasteiger partial charge in [-0.15, -0.1) is 0 Å². The summed E-state index contributed by atoms with van der Waals surface area (Å²) in [6, 6.07) is 0. The summed E-state index contributed by atoms with van der Waals surface area (Å²) in [5.74, 6) is -0.347. The summed E-state index contributed by atoms with van der Waals surface area (Å²) in [4.78, 5) is 22.8. The van der Waals surface area contributed by atoms with Gasteiger partial charge in [-0.1, -0.05) is 19.8 Å². The molecule has 110 valence electrons. The Morgan fingerprint density at radius 3 is 2.47 bits per heavy atom. The average molecular weight is 272 g/mol. The lowest BCUT2D eigenvalue weighted by molar-refractivity contribution is -0.169. The SMILES string of the molecule is CCCCC(=O)OC(C)OC(=O)OC1CCCCC1. The Bertz CT molecular complexity index is 284. The average Bonchev–Trinajstić information content (AvgIpc) is 2.37. The lowest BCUT2D eigenvalue weighted by atomic mass is 9.98. The predicted molar refractivity (Wildman–Crippen MR) is 69.5 cm³/mol. The topological polar surface area (TPSA) is 61.8 Å². The van der Waals surface area contributed by atoms with E-state index in [0.29, 0.717) is 6.42 Å². The summed E-state index contributed by atoms with van der Waals surface area (Å²) in [5, 5.41) is 0. The van der Waals surface area contributed by atoms with Gasteiger partial charge in [-0.25, -0.2) is 4.79 Å².